The Labute approximate surface area is 114 Å². The Kier molecular flexibility index (Phi) is 6.78. The predicted octanol–water partition coefficient (Wildman–Crippen LogP) is 3.37. The van der Waals surface area contributed by atoms with E-state index < -0.39 is 7.60 Å². The van der Waals surface area contributed by atoms with Crippen molar-refractivity contribution in [1.29, 1.82) is 0 Å². The Bertz CT molecular complexity index is 434. The van der Waals surface area contributed by atoms with Crippen molar-refractivity contribution in [3.8, 4) is 5.88 Å². The van der Waals surface area contributed by atoms with Crippen molar-refractivity contribution in [2.45, 2.75) is 13.8 Å². The minimum atomic E-state index is -3.00. The van der Waals surface area contributed by atoms with Gasteiger partial charge in [-0.2, -0.15) is 0 Å². The van der Waals surface area contributed by atoms with Gasteiger partial charge >= 0.3 is 7.60 Å². The standard InChI is InChI=1S/C13H20NO4P/c1-4-17-19(15,18-5-2)10-6-7-12-8-9-13(16-3)14-11-12/h6-9,11H,4-5,10H2,1-3H3/b7-6+. The molecule has 0 saturated heterocycles. The van der Waals surface area contributed by atoms with Gasteiger partial charge in [0.2, 0.25) is 5.88 Å². The molecular weight excluding hydrogens is 265 g/mol. The highest BCUT2D eigenvalue weighted by Crippen LogP contribution is 2.47. The summed E-state index contributed by atoms with van der Waals surface area (Å²) >= 11 is 0. The van der Waals surface area contributed by atoms with E-state index in [1.807, 2.05) is 12.1 Å². The Hall–Kier alpha value is -1.16. The molecule has 1 rings (SSSR count). The summed E-state index contributed by atoms with van der Waals surface area (Å²) in [6, 6.07) is 3.64. The number of rotatable bonds is 8. The lowest BCUT2D eigenvalue weighted by Crippen LogP contribution is -1.98. The van der Waals surface area contributed by atoms with Crippen molar-refractivity contribution in [2.75, 3.05) is 26.5 Å². The zero-order chi connectivity index (χ0) is 14.1. The van der Waals surface area contributed by atoms with E-state index in [-0.39, 0.29) is 6.16 Å². The number of pyridine rings is 1. The summed E-state index contributed by atoms with van der Waals surface area (Å²) in [5, 5.41) is 0. The summed E-state index contributed by atoms with van der Waals surface area (Å²) in [5.41, 5.74) is 0.903. The third-order valence-electron chi connectivity index (χ3n) is 2.26. The average molecular weight is 285 g/mol. The van der Waals surface area contributed by atoms with Gasteiger partial charge in [0, 0.05) is 12.3 Å². The Morgan fingerprint density at radius 2 is 1.95 bits per heavy atom. The van der Waals surface area contributed by atoms with E-state index in [9.17, 15) is 4.57 Å². The second kappa shape index (κ2) is 8.10. The summed E-state index contributed by atoms with van der Waals surface area (Å²) in [5.74, 6) is 0.562. The van der Waals surface area contributed by atoms with Crippen LogP contribution in [0.25, 0.3) is 6.08 Å². The monoisotopic (exact) mass is 285 g/mol. The van der Waals surface area contributed by atoms with Crippen LogP contribution in [0.15, 0.2) is 24.4 Å². The minimum absolute atomic E-state index is 0.251. The second-order valence-electron chi connectivity index (χ2n) is 3.67. The van der Waals surface area contributed by atoms with Gasteiger partial charge in [0.15, 0.2) is 0 Å². The topological polar surface area (TPSA) is 57.7 Å². The maximum Gasteiger partial charge on any atom is 0.334 e. The van der Waals surface area contributed by atoms with Gasteiger partial charge in [0.25, 0.3) is 0 Å². The summed E-state index contributed by atoms with van der Waals surface area (Å²) in [7, 11) is -1.44. The molecule has 19 heavy (non-hydrogen) atoms. The number of ether oxygens (including phenoxy) is 1. The molecule has 0 unspecified atom stereocenters. The van der Waals surface area contributed by atoms with Gasteiger partial charge in [-0.1, -0.05) is 12.2 Å². The van der Waals surface area contributed by atoms with E-state index in [2.05, 4.69) is 4.98 Å². The van der Waals surface area contributed by atoms with Crippen LogP contribution in [0.1, 0.15) is 19.4 Å². The largest absolute Gasteiger partial charge is 0.481 e. The molecule has 5 nitrogen and oxygen atoms in total. The third-order valence-corrected chi connectivity index (χ3v) is 4.22. The normalized spacial score (nSPS) is 11.9. The quantitative estimate of drug-likeness (QED) is 0.685. The fourth-order valence-electron chi connectivity index (χ4n) is 1.47. The van der Waals surface area contributed by atoms with E-state index in [0.717, 1.165) is 5.56 Å². The van der Waals surface area contributed by atoms with Crippen LogP contribution in [0.5, 0.6) is 5.88 Å². The number of aromatic nitrogens is 1. The van der Waals surface area contributed by atoms with Crippen LogP contribution in [-0.4, -0.2) is 31.5 Å². The van der Waals surface area contributed by atoms with Gasteiger partial charge in [0.05, 0.1) is 26.5 Å². The SMILES string of the molecule is CCOP(=O)(C/C=C/c1ccc(OC)nc1)OCC. The molecule has 0 spiro atoms. The molecule has 0 fully saturated rings. The van der Waals surface area contributed by atoms with Gasteiger partial charge in [-0.15, -0.1) is 0 Å². The molecular formula is C13H20NO4P. The Morgan fingerprint density at radius 1 is 1.26 bits per heavy atom. The first-order valence-electron chi connectivity index (χ1n) is 6.18. The third kappa shape index (κ3) is 5.55. The molecule has 1 aromatic heterocycles. The van der Waals surface area contributed by atoms with Crippen molar-refractivity contribution in [3.05, 3.63) is 30.0 Å². The maximum atomic E-state index is 12.2. The summed E-state index contributed by atoms with van der Waals surface area (Å²) < 4.78 is 27.5. The molecule has 0 aromatic carbocycles. The lowest BCUT2D eigenvalue weighted by Gasteiger charge is -2.14. The molecule has 0 amide bonds. The summed E-state index contributed by atoms with van der Waals surface area (Å²) in [6.07, 6.45) is 5.54. The lowest BCUT2D eigenvalue weighted by molar-refractivity contribution is 0.222. The van der Waals surface area contributed by atoms with Crippen LogP contribution in [0.4, 0.5) is 0 Å². The van der Waals surface area contributed by atoms with Gasteiger partial charge in [-0.3, -0.25) is 4.57 Å². The second-order valence-corrected chi connectivity index (χ2v) is 5.77. The fraction of sp³-hybridized carbons (Fsp3) is 0.462. The highest BCUT2D eigenvalue weighted by Gasteiger charge is 2.20. The lowest BCUT2D eigenvalue weighted by atomic mass is 10.3. The van der Waals surface area contributed by atoms with Crippen LogP contribution < -0.4 is 4.74 Å². The van der Waals surface area contributed by atoms with Gasteiger partial charge < -0.3 is 13.8 Å². The first-order valence-corrected chi connectivity index (χ1v) is 7.91. The van der Waals surface area contributed by atoms with Gasteiger partial charge in [-0.25, -0.2) is 4.98 Å². The van der Waals surface area contributed by atoms with Crippen molar-refractivity contribution >= 4 is 13.7 Å². The molecule has 0 atom stereocenters. The van der Waals surface area contributed by atoms with Crippen molar-refractivity contribution in [1.82, 2.24) is 4.98 Å². The van der Waals surface area contributed by atoms with E-state index in [1.54, 1.807) is 39.3 Å². The number of allylic oxidation sites excluding steroid dienone is 1. The molecule has 0 radical (unpaired) electrons. The summed E-state index contributed by atoms with van der Waals surface area (Å²) in [4.78, 5) is 4.08. The minimum Gasteiger partial charge on any atom is -0.481 e. The van der Waals surface area contributed by atoms with Crippen LogP contribution in [0.3, 0.4) is 0 Å². The molecule has 1 heterocycles. The Balaban J connectivity index is 2.62. The average Bonchev–Trinajstić information content (AvgIpc) is 2.40. The molecule has 0 N–H and O–H groups in total. The van der Waals surface area contributed by atoms with Crippen molar-refractivity contribution < 1.29 is 18.3 Å². The van der Waals surface area contributed by atoms with Gasteiger partial charge in [-0.05, 0) is 25.5 Å². The maximum absolute atomic E-state index is 12.2. The van der Waals surface area contributed by atoms with E-state index in [4.69, 9.17) is 13.8 Å². The van der Waals surface area contributed by atoms with E-state index in [0.29, 0.717) is 19.1 Å². The molecule has 1 aromatic rings. The number of hydrogen-bond acceptors (Lipinski definition) is 5. The van der Waals surface area contributed by atoms with Crippen LogP contribution >= 0.6 is 7.60 Å². The molecule has 0 saturated carbocycles. The molecule has 0 aliphatic rings. The van der Waals surface area contributed by atoms with Crippen molar-refractivity contribution in [2.24, 2.45) is 0 Å². The van der Waals surface area contributed by atoms with Crippen LogP contribution in [-0.2, 0) is 13.6 Å². The fourth-order valence-corrected chi connectivity index (χ4v) is 2.90. The van der Waals surface area contributed by atoms with E-state index in [1.165, 1.54) is 0 Å². The number of methoxy groups -OCH3 is 1. The molecule has 0 bridgehead atoms. The van der Waals surface area contributed by atoms with E-state index >= 15 is 0 Å². The zero-order valence-corrected chi connectivity index (χ0v) is 12.4. The molecule has 0 aliphatic carbocycles. The molecule has 0 aliphatic heterocycles. The highest BCUT2D eigenvalue weighted by atomic mass is 31.2. The highest BCUT2D eigenvalue weighted by molar-refractivity contribution is 7.54. The smallest absolute Gasteiger partial charge is 0.334 e. The van der Waals surface area contributed by atoms with Gasteiger partial charge in [0.1, 0.15) is 0 Å². The first kappa shape index (κ1) is 15.9. The van der Waals surface area contributed by atoms with Crippen molar-refractivity contribution in [3.63, 3.8) is 0 Å². The summed E-state index contributed by atoms with van der Waals surface area (Å²) in [6.45, 7) is 4.33. The van der Waals surface area contributed by atoms with Crippen LogP contribution in [0.2, 0.25) is 0 Å². The molecule has 6 heteroatoms. The Morgan fingerprint density at radius 3 is 2.42 bits per heavy atom. The zero-order valence-electron chi connectivity index (χ0n) is 11.5. The first-order chi connectivity index (χ1) is 9.13. The molecule has 106 valence electrons. The number of hydrogen-bond donors (Lipinski definition) is 0. The predicted molar refractivity (Wildman–Crippen MR) is 75.5 cm³/mol. The number of nitrogens with zero attached hydrogens (tertiary/aromatic N) is 1. The van der Waals surface area contributed by atoms with Crippen LogP contribution in [0, 0.1) is 0 Å².